The highest BCUT2D eigenvalue weighted by Gasteiger charge is 2.38. The predicted molar refractivity (Wildman–Crippen MR) is 81.4 cm³/mol. The summed E-state index contributed by atoms with van der Waals surface area (Å²) in [7, 11) is 0. The minimum Gasteiger partial charge on any atom is -0.270 e. The average molecular weight is 298 g/mol. The van der Waals surface area contributed by atoms with E-state index in [4.69, 9.17) is 0 Å². The molecule has 2 aromatic rings. The number of amides is 2. The van der Waals surface area contributed by atoms with Gasteiger partial charge in [0.1, 0.15) is 5.03 Å². The Kier molecular flexibility index (Phi) is 3.51. The Morgan fingerprint density at radius 2 is 1.86 bits per heavy atom. The summed E-state index contributed by atoms with van der Waals surface area (Å²) in [6.07, 6.45) is 1.86. The van der Waals surface area contributed by atoms with E-state index in [1.807, 2.05) is 43.5 Å². The van der Waals surface area contributed by atoms with Crippen LogP contribution in [0.2, 0.25) is 0 Å². The van der Waals surface area contributed by atoms with Gasteiger partial charge in [0.05, 0.1) is 17.7 Å². The predicted octanol–water partition coefficient (Wildman–Crippen LogP) is 2.91. The van der Waals surface area contributed by atoms with Crippen LogP contribution in [0.25, 0.3) is 0 Å². The molecule has 0 unspecified atom stereocenters. The van der Waals surface area contributed by atoms with Crippen LogP contribution >= 0.6 is 11.8 Å². The second-order valence-corrected chi connectivity index (χ2v) is 5.67. The van der Waals surface area contributed by atoms with Gasteiger partial charge in [0, 0.05) is 5.69 Å². The number of hydrogen-bond donors (Lipinski definition) is 0. The zero-order valence-electron chi connectivity index (χ0n) is 11.8. The molecule has 0 aliphatic carbocycles. The maximum absolute atomic E-state index is 12.6. The quantitative estimate of drug-likeness (QED) is 0.646. The number of hydrogen-bond acceptors (Lipinski definition) is 4. The van der Waals surface area contributed by atoms with Crippen molar-refractivity contribution in [3.05, 3.63) is 58.8 Å². The lowest BCUT2D eigenvalue weighted by Crippen LogP contribution is -2.29. The van der Waals surface area contributed by atoms with Gasteiger partial charge in [-0.25, -0.2) is 4.98 Å². The van der Waals surface area contributed by atoms with Gasteiger partial charge in [-0.05, 0) is 24.8 Å². The minimum absolute atomic E-state index is 0.236. The highest BCUT2D eigenvalue weighted by molar-refractivity contribution is 7.98. The number of nitrogens with zero attached hydrogens (tertiary/aromatic N) is 2. The summed E-state index contributed by atoms with van der Waals surface area (Å²) in [4.78, 5) is 30.7. The monoisotopic (exact) mass is 298 g/mol. The van der Waals surface area contributed by atoms with Crippen LogP contribution in [0.4, 0.5) is 0 Å². The molecule has 2 heterocycles. The van der Waals surface area contributed by atoms with Gasteiger partial charge < -0.3 is 0 Å². The van der Waals surface area contributed by atoms with Crippen molar-refractivity contribution in [2.24, 2.45) is 0 Å². The standard InChI is InChI=1S/C16H14N2O2S/c1-10-8-12-13(14(17-10)21-2)16(20)18(15(12)19)9-11-6-4-3-5-7-11/h3-8H,9H2,1-2H3. The summed E-state index contributed by atoms with van der Waals surface area (Å²) in [5.41, 5.74) is 2.59. The van der Waals surface area contributed by atoms with Crippen molar-refractivity contribution in [3.63, 3.8) is 0 Å². The highest BCUT2D eigenvalue weighted by Crippen LogP contribution is 2.31. The van der Waals surface area contributed by atoms with Gasteiger partial charge in [-0.1, -0.05) is 30.3 Å². The number of carbonyl (C=O) groups excluding carboxylic acids is 2. The molecule has 0 fully saturated rings. The first-order valence-corrected chi connectivity index (χ1v) is 7.80. The zero-order chi connectivity index (χ0) is 15.0. The summed E-state index contributed by atoms with van der Waals surface area (Å²) in [5.74, 6) is -0.490. The number of pyridine rings is 1. The average Bonchev–Trinajstić information content (AvgIpc) is 2.72. The second kappa shape index (κ2) is 5.33. The van der Waals surface area contributed by atoms with Crippen molar-refractivity contribution in [1.82, 2.24) is 9.88 Å². The Morgan fingerprint density at radius 3 is 2.52 bits per heavy atom. The van der Waals surface area contributed by atoms with Gasteiger partial charge in [0.15, 0.2) is 0 Å². The molecule has 1 aromatic carbocycles. The van der Waals surface area contributed by atoms with Gasteiger partial charge in [0.2, 0.25) is 0 Å². The van der Waals surface area contributed by atoms with E-state index in [0.717, 1.165) is 11.3 Å². The third kappa shape index (κ3) is 2.34. The van der Waals surface area contributed by atoms with Crippen LogP contribution in [0.1, 0.15) is 32.0 Å². The van der Waals surface area contributed by atoms with E-state index in [1.54, 1.807) is 6.07 Å². The molecule has 0 saturated heterocycles. The number of benzene rings is 1. The molecule has 1 aliphatic heterocycles. The highest BCUT2D eigenvalue weighted by atomic mass is 32.2. The molecule has 1 aliphatic rings. The molecule has 5 heteroatoms. The molecule has 0 bridgehead atoms. The summed E-state index contributed by atoms with van der Waals surface area (Å²) in [5, 5.41) is 0.624. The fourth-order valence-electron chi connectivity index (χ4n) is 2.45. The number of rotatable bonds is 3. The third-order valence-corrected chi connectivity index (χ3v) is 4.11. The lowest BCUT2D eigenvalue weighted by Gasteiger charge is -2.13. The summed E-state index contributed by atoms with van der Waals surface area (Å²) in [6, 6.07) is 11.2. The van der Waals surface area contributed by atoms with Gasteiger partial charge in [-0.3, -0.25) is 14.5 Å². The fraction of sp³-hybridized carbons (Fsp3) is 0.188. The number of carbonyl (C=O) groups is 2. The summed E-state index contributed by atoms with van der Waals surface area (Å²) < 4.78 is 0. The lowest BCUT2D eigenvalue weighted by molar-refractivity contribution is 0.0641. The normalized spacial score (nSPS) is 13.7. The number of aryl methyl sites for hydroxylation is 1. The van der Waals surface area contributed by atoms with Crippen LogP contribution < -0.4 is 0 Å². The summed E-state index contributed by atoms with van der Waals surface area (Å²) >= 11 is 1.39. The summed E-state index contributed by atoms with van der Waals surface area (Å²) in [6.45, 7) is 2.12. The topological polar surface area (TPSA) is 50.3 Å². The van der Waals surface area contributed by atoms with Gasteiger partial charge in [0.25, 0.3) is 11.8 Å². The van der Waals surface area contributed by atoms with E-state index in [0.29, 0.717) is 22.7 Å². The Labute approximate surface area is 127 Å². The van der Waals surface area contributed by atoms with Gasteiger partial charge in [-0.15, -0.1) is 11.8 Å². The van der Waals surface area contributed by atoms with Crippen LogP contribution in [0, 0.1) is 6.92 Å². The molecule has 4 nitrogen and oxygen atoms in total. The number of imide groups is 1. The largest absolute Gasteiger partial charge is 0.270 e. The van der Waals surface area contributed by atoms with Crippen LogP contribution in [0.15, 0.2) is 41.4 Å². The van der Waals surface area contributed by atoms with Gasteiger partial charge >= 0.3 is 0 Å². The Hall–Kier alpha value is -2.14. The SMILES string of the molecule is CSc1nc(C)cc2c1C(=O)N(Cc1ccccc1)C2=O. The first kappa shape index (κ1) is 13.8. The second-order valence-electron chi connectivity index (χ2n) is 4.88. The van der Waals surface area contributed by atoms with E-state index in [2.05, 4.69) is 4.98 Å². The molecule has 3 rings (SSSR count). The molecular formula is C16H14N2O2S. The van der Waals surface area contributed by atoms with Crippen molar-refractivity contribution >= 4 is 23.6 Å². The van der Waals surface area contributed by atoms with E-state index in [1.165, 1.54) is 16.7 Å². The molecular weight excluding hydrogens is 284 g/mol. The molecule has 2 amide bonds. The van der Waals surface area contributed by atoms with Crippen molar-refractivity contribution in [2.75, 3.05) is 6.26 Å². The third-order valence-electron chi connectivity index (χ3n) is 3.43. The first-order valence-electron chi connectivity index (χ1n) is 6.57. The Balaban J connectivity index is 2.01. The van der Waals surface area contributed by atoms with Gasteiger partial charge in [-0.2, -0.15) is 0 Å². The number of fused-ring (bicyclic) bond motifs is 1. The fourth-order valence-corrected chi connectivity index (χ4v) is 3.09. The molecule has 0 N–H and O–H groups in total. The Bertz CT molecular complexity index is 729. The van der Waals surface area contributed by atoms with Crippen LogP contribution in [0.3, 0.4) is 0 Å². The van der Waals surface area contributed by atoms with Crippen LogP contribution in [-0.4, -0.2) is 28.0 Å². The zero-order valence-corrected chi connectivity index (χ0v) is 12.6. The van der Waals surface area contributed by atoms with E-state index >= 15 is 0 Å². The van der Waals surface area contributed by atoms with Crippen molar-refractivity contribution in [1.29, 1.82) is 0 Å². The van der Waals surface area contributed by atoms with Crippen LogP contribution in [0.5, 0.6) is 0 Å². The molecule has 21 heavy (non-hydrogen) atoms. The maximum atomic E-state index is 12.6. The van der Waals surface area contributed by atoms with Crippen molar-refractivity contribution < 1.29 is 9.59 Å². The maximum Gasteiger partial charge on any atom is 0.264 e. The van der Waals surface area contributed by atoms with E-state index in [9.17, 15) is 9.59 Å². The minimum atomic E-state index is -0.254. The molecule has 106 valence electrons. The van der Waals surface area contributed by atoms with E-state index in [-0.39, 0.29) is 11.8 Å². The van der Waals surface area contributed by atoms with Crippen molar-refractivity contribution in [3.8, 4) is 0 Å². The number of aromatic nitrogens is 1. The Morgan fingerprint density at radius 1 is 1.14 bits per heavy atom. The van der Waals surface area contributed by atoms with E-state index < -0.39 is 0 Å². The van der Waals surface area contributed by atoms with Crippen molar-refractivity contribution in [2.45, 2.75) is 18.5 Å². The smallest absolute Gasteiger partial charge is 0.264 e. The number of thioether (sulfide) groups is 1. The molecule has 0 saturated carbocycles. The molecule has 0 radical (unpaired) electrons. The molecule has 1 aromatic heterocycles. The van der Waals surface area contributed by atoms with Crippen LogP contribution in [-0.2, 0) is 6.54 Å². The lowest BCUT2D eigenvalue weighted by atomic mass is 10.1. The molecule has 0 spiro atoms. The molecule has 0 atom stereocenters. The first-order chi connectivity index (χ1) is 10.1.